The Morgan fingerprint density at radius 3 is 2.35 bits per heavy atom. The zero-order valence-corrected chi connectivity index (χ0v) is 10.3. The topological polar surface area (TPSA) is 101 Å². The average Bonchev–Trinajstić information content (AvgIpc) is 2.42. The van der Waals surface area contributed by atoms with E-state index < -0.39 is 24.5 Å². The predicted octanol–water partition coefficient (Wildman–Crippen LogP) is -0.180. The van der Waals surface area contributed by atoms with Crippen molar-refractivity contribution in [2.24, 2.45) is 17.1 Å². The van der Waals surface area contributed by atoms with Crippen molar-refractivity contribution < 1.29 is 19.5 Å². The summed E-state index contributed by atoms with van der Waals surface area (Å²) in [5, 5.41) is 8.73. The van der Waals surface area contributed by atoms with Crippen LogP contribution in [0.2, 0.25) is 0 Å². The summed E-state index contributed by atoms with van der Waals surface area (Å²) in [5.41, 5.74) is 4.90. The van der Waals surface area contributed by atoms with E-state index in [9.17, 15) is 14.4 Å². The Morgan fingerprint density at radius 1 is 1.47 bits per heavy atom. The van der Waals surface area contributed by atoms with Crippen LogP contribution in [0.1, 0.15) is 27.2 Å². The molecule has 1 aliphatic heterocycles. The summed E-state index contributed by atoms with van der Waals surface area (Å²) in [6.45, 7) is 5.19. The molecule has 2 atom stereocenters. The number of carboxylic acids is 1. The summed E-state index contributed by atoms with van der Waals surface area (Å²) >= 11 is 0. The van der Waals surface area contributed by atoms with E-state index in [0.29, 0.717) is 6.42 Å². The van der Waals surface area contributed by atoms with Gasteiger partial charge in [-0.05, 0) is 11.8 Å². The summed E-state index contributed by atoms with van der Waals surface area (Å²) in [4.78, 5) is 35.1. The van der Waals surface area contributed by atoms with Crippen molar-refractivity contribution in [2.45, 2.75) is 33.2 Å². The van der Waals surface area contributed by atoms with E-state index in [2.05, 4.69) is 0 Å². The molecule has 1 heterocycles. The van der Waals surface area contributed by atoms with Crippen molar-refractivity contribution in [3.8, 4) is 0 Å². The van der Waals surface area contributed by atoms with Gasteiger partial charge >= 0.3 is 5.97 Å². The first-order valence-corrected chi connectivity index (χ1v) is 5.46. The van der Waals surface area contributed by atoms with Gasteiger partial charge in [-0.2, -0.15) is 0 Å². The van der Waals surface area contributed by atoms with E-state index in [-0.39, 0.29) is 17.2 Å². The highest BCUT2D eigenvalue weighted by Crippen LogP contribution is 2.37. The fourth-order valence-electron chi connectivity index (χ4n) is 2.13. The molecular weight excluding hydrogens is 224 g/mol. The number of primary amides is 1. The summed E-state index contributed by atoms with van der Waals surface area (Å²) in [6.07, 6.45) is 0.297. The predicted molar refractivity (Wildman–Crippen MR) is 59.9 cm³/mol. The lowest BCUT2D eigenvalue weighted by atomic mass is 9.79. The highest BCUT2D eigenvalue weighted by atomic mass is 16.4. The number of hydrogen-bond donors (Lipinski definition) is 2. The first-order valence-electron chi connectivity index (χ1n) is 5.46. The molecule has 1 unspecified atom stereocenters. The molecule has 0 aromatic carbocycles. The Bertz CT molecular complexity index is 359. The van der Waals surface area contributed by atoms with Crippen LogP contribution in [0.4, 0.5) is 0 Å². The van der Waals surface area contributed by atoms with Crippen LogP contribution in [0.25, 0.3) is 0 Å². The molecule has 6 heteroatoms. The lowest BCUT2D eigenvalue weighted by molar-refractivity contribution is -0.146. The summed E-state index contributed by atoms with van der Waals surface area (Å²) < 4.78 is 0. The molecule has 1 fully saturated rings. The monoisotopic (exact) mass is 242 g/mol. The standard InChI is InChI=1S/C11H18N2O4/c1-11(2,3)6-4-7(9(12)16)13(10(6)17)5-8(14)15/h6-7H,4-5H2,1-3H3,(H2,12,16)(H,14,15)/t6-,7?/m0/s1. The van der Waals surface area contributed by atoms with Gasteiger partial charge in [0.1, 0.15) is 12.6 Å². The molecule has 1 aliphatic rings. The molecule has 96 valence electrons. The van der Waals surface area contributed by atoms with Crippen molar-refractivity contribution in [1.29, 1.82) is 0 Å². The molecule has 0 spiro atoms. The molecule has 2 amide bonds. The van der Waals surface area contributed by atoms with Gasteiger partial charge in [0.25, 0.3) is 0 Å². The quantitative estimate of drug-likeness (QED) is 0.716. The van der Waals surface area contributed by atoms with Crippen LogP contribution in [0.5, 0.6) is 0 Å². The van der Waals surface area contributed by atoms with E-state index in [1.165, 1.54) is 0 Å². The van der Waals surface area contributed by atoms with Crippen LogP contribution >= 0.6 is 0 Å². The second-order valence-corrected chi connectivity index (χ2v) is 5.43. The van der Waals surface area contributed by atoms with Crippen molar-refractivity contribution in [3.63, 3.8) is 0 Å². The second kappa shape index (κ2) is 4.35. The summed E-state index contributed by atoms with van der Waals surface area (Å²) in [6, 6.07) is -0.803. The zero-order valence-electron chi connectivity index (χ0n) is 10.3. The molecule has 0 aromatic heterocycles. The van der Waals surface area contributed by atoms with Crippen molar-refractivity contribution in [2.75, 3.05) is 6.54 Å². The minimum absolute atomic E-state index is 0.297. The highest BCUT2D eigenvalue weighted by Gasteiger charge is 2.47. The van der Waals surface area contributed by atoms with Crippen molar-refractivity contribution >= 4 is 17.8 Å². The van der Waals surface area contributed by atoms with Gasteiger partial charge in [0, 0.05) is 5.92 Å². The SMILES string of the molecule is CC(C)(C)[C@H]1CC(C(N)=O)N(CC(=O)O)C1=O. The van der Waals surface area contributed by atoms with Crippen LogP contribution in [0, 0.1) is 11.3 Å². The maximum absolute atomic E-state index is 12.1. The minimum atomic E-state index is -1.14. The smallest absolute Gasteiger partial charge is 0.323 e. The van der Waals surface area contributed by atoms with E-state index >= 15 is 0 Å². The third-order valence-electron chi connectivity index (χ3n) is 3.10. The molecule has 0 saturated carbocycles. The number of aliphatic carboxylic acids is 1. The zero-order chi connectivity index (χ0) is 13.4. The molecule has 1 rings (SSSR count). The maximum Gasteiger partial charge on any atom is 0.323 e. The Balaban J connectivity index is 2.97. The molecular formula is C11H18N2O4. The summed E-state index contributed by atoms with van der Waals surface area (Å²) in [5.74, 6) is -2.45. The van der Waals surface area contributed by atoms with Crippen molar-refractivity contribution in [3.05, 3.63) is 0 Å². The van der Waals surface area contributed by atoms with Gasteiger partial charge in [0.15, 0.2) is 0 Å². The number of amides is 2. The largest absolute Gasteiger partial charge is 0.480 e. The van der Waals surface area contributed by atoms with Gasteiger partial charge in [-0.25, -0.2) is 0 Å². The van der Waals surface area contributed by atoms with E-state index in [1.807, 2.05) is 20.8 Å². The van der Waals surface area contributed by atoms with Crippen molar-refractivity contribution in [1.82, 2.24) is 4.90 Å². The Labute approximate surface area is 99.8 Å². The van der Waals surface area contributed by atoms with Crippen LogP contribution in [0.3, 0.4) is 0 Å². The van der Waals surface area contributed by atoms with Crippen LogP contribution in [-0.4, -0.2) is 40.4 Å². The molecule has 6 nitrogen and oxygen atoms in total. The Hall–Kier alpha value is -1.59. The normalized spacial score (nSPS) is 25.1. The van der Waals surface area contributed by atoms with Crippen LogP contribution in [-0.2, 0) is 14.4 Å². The lowest BCUT2D eigenvalue weighted by Crippen LogP contribution is -2.45. The molecule has 0 bridgehead atoms. The number of hydrogen-bond acceptors (Lipinski definition) is 3. The Morgan fingerprint density at radius 2 is 2.00 bits per heavy atom. The fourth-order valence-corrected chi connectivity index (χ4v) is 2.13. The molecule has 0 radical (unpaired) electrons. The van der Waals surface area contributed by atoms with E-state index in [1.54, 1.807) is 0 Å². The maximum atomic E-state index is 12.1. The first-order chi connectivity index (χ1) is 7.64. The molecule has 1 saturated heterocycles. The van der Waals surface area contributed by atoms with Gasteiger partial charge in [-0.15, -0.1) is 0 Å². The number of rotatable bonds is 3. The lowest BCUT2D eigenvalue weighted by Gasteiger charge is -2.25. The second-order valence-electron chi connectivity index (χ2n) is 5.43. The van der Waals surface area contributed by atoms with Gasteiger partial charge < -0.3 is 15.7 Å². The van der Waals surface area contributed by atoms with Crippen LogP contribution < -0.4 is 5.73 Å². The number of carbonyl (C=O) groups excluding carboxylic acids is 2. The highest BCUT2D eigenvalue weighted by molar-refractivity contribution is 5.93. The number of carboxylic acid groups (broad SMARTS) is 1. The van der Waals surface area contributed by atoms with Gasteiger partial charge in [0.05, 0.1) is 0 Å². The van der Waals surface area contributed by atoms with Gasteiger partial charge in [-0.3, -0.25) is 14.4 Å². The third kappa shape index (κ3) is 2.75. The fraction of sp³-hybridized carbons (Fsp3) is 0.727. The minimum Gasteiger partial charge on any atom is -0.480 e. The summed E-state index contributed by atoms with van der Waals surface area (Å²) in [7, 11) is 0. The Kier molecular flexibility index (Phi) is 3.45. The van der Waals surface area contributed by atoms with Crippen LogP contribution in [0.15, 0.2) is 0 Å². The number of carbonyl (C=O) groups is 3. The molecule has 3 N–H and O–H groups in total. The van der Waals surface area contributed by atoms with Gasteiger partial charge in [0.2, 0.25) is 11.8 Å². The van der Waals surface area contributed by atoms with E-state index in [4.69, 9.17) is 10.8 Å². The number of nitrogens with zero attached hydrogens (tertiary/aromatic N) is 1. The first kappa shape index (κ1) is 13.5. The molecule has 17 heavy (non-hydrogen) atoms. The van der Waals surface area contributed by atoms with E-state index in [0.717, 1.165) is 4.90 Å². The average molecular weight is 242 g/mol. The number of nitrogens with two attached hydrogens (primary N) is 1. The van der Waals surface area contributed by atoms with Gasteiger partial charge in [-0.1, -0.05) is 20.8 Å². The number of likely N-dealkylation sites (tertiary alicyclic amines) is 1. The molecule has 0 aliphatic carbocycles. The third-order valence-corrected chi connectivity index (χ3v) is 3.10. The molecule has 0 aromatic rings.